The molecule has 14 nitrogen and oxygen atoms in total. The lowest BCUT2D eigenvalue weighted by molar-refractivity contribution is -0.145. The number of carbonyl (C=O) groups is 5. The van der Waals surface area contributed by atoms with Gasteiger partial charge in [-0.15, -0.1) is 0 Å². The fourth-order valence-electron chi connectivity index (χ4n) is 7.79. The highest BCUT2D eigenvalue weighted by molar-refractivity contribution is 5.95. The maximum atomic E-state index is 13.1. The molecule has 0 spiro atoms. The molecule has 2 saturated heterocycles. The monoisotopic (exact) mass is 906 g/mol. The zero-order valence-corrected chi connectivity index (χ0v) is 39.4. The van der Waals surface area contributed by atoms with Gasteiger partial charge in [-0.2, -0.15) is 0 Å². The predicted octanol–water partition coefficient (Wildman–Crippen LogP) is 9.11. The summed E-state index contributed by atoms with van der Waals surface area (Å²) in [6.07, 6.45) is 2.62. The van der Waals surface area contributed by atoms with Crippen molar-refractivity contribution < 1.29 is 48.0 Å². The summed E-state index contributed by atoms with van der Waals surface area (Å²) in [5.74, 6) is 0.744. The highest BCUT2D eigenvalue weighted by Crippen LogP contribution is 2.31. The van der Waals surface area contributed by atoms with Gasteiger partial charge in [0.25, 0.3) is 11.8 Å². The van der Waals surface area contributed by atoms with Crippen LogP contribution in [0.5, 0.6) is 11.5 Å². The summed E-state index contributed by atoms with van der Waals surface area (Å²) >= 11 is 0. The van der Waals surface area contributed by atoms with Gasteiger partial charge in [0.2, 0.25) is 0 Å². The minimum Gasteiger partial charge on any atom is -0.508 e. The number of likely N-dealkylation sites (tertiary alicyclic amines) is 2. The van der Waals surface area contributed by atoms with Crippen molar-refractivity contribution in [3.63, 3.8) is 0 Å². The van der Waals surface area contributed by atoms with E-state index >= 15 is 0 Å². The maximum Gasteiger partial charge on any atom is 0.407 e. The van der Waals surface area contributed by atoms with E-state index in [9.17, 15) is 29.1 Å². The summed E-state index contributed by atoms with van der Waals surface area (Å²) in [6, 6.07) is 29.8. The number of alkyl carbamates (subject to hydrolysis) is 2. The predicted molar refractivity (Wildman–Crippen MR) is 251 cm³/mol. The van der Waals surface area contributed by atoms with E-state index in [0.717, 1.165) is 36.8 Å². The van der Waals surface area contributed by atoms with Gasteiger partial charge in [0.15, 0.2) is 6.61 Å². The van der Waals surface area contributed by atoms with E-state index in [1.807, 2.05) is 75.6 Å². The summed E-state index contributed by atoms with van der Waals surface area (Å²) in [4.78, 5) is 64.8. The number of amides is 4. The van der Waals surface area contributed by atoms with E-state index in [1.165, 1.54) is 17.2 Å². The number of carbonyl (C=O) groups excluding carboxylic acids is 5. The van der Waals surface area contributed by atoms with E-state index in [-0.39, 0.29) is 24.2 Å². The Morgan fingerprint density at radius 3 is 1.48 bits per heavy atom. The van der Waals surface area contributed by atoms with Crippen LogP contribution >= 0.6 is 0 Å². The molecule has 4 amide bonds. The molecular formula is C52H66N4O10. The summed E-state index contributed by atoms with van der Waals surface area (Å²) in [5.41, 5.74) is 4.47. The number of rotatable bonds is 12. The van der Waals surface area contributed by atoms with E-state index in [4.69, 9.17) is 18.9 Å². The van der Waals surface area contributed by atoms with Crippen LogP contribution in [0.4, 0.5) is 9.59 Å². The molecule has 0 unspecified atom stereocenters. The number of phenolic OH excluding ortho intramolecular Hbond substituents is 1. The number of hydrogen-bond donors (Lipinski definition) is 3. The highest BCUT2D eigenvalue weighted by Gasteiger charge is 2.27. The Morgan fingerprint density at radius 1 is 0.606 bits per heavy atom. The van der Waals surface area contributed by atoms with Crippen molar-refractivity contribution in [3.05, 3.63) is 130 Å². The first-order valence-corrected chi connectivity index (χ1v) is 22.7. The van der Waals surface area contributed by atoms with Gasteiger partial charge in [0, 0.05) is 50.4 Å². The van der Waals surface area contributed by atoms with E-state index in [1.54, 1.807) is 49.4 Å². The molecule has 3 N–H and O–H groups in total. The molecule has 2 fully saturated rings. The minimum absolute atomic E-state index is 0.0420. The highest BCUT2D eigenvalue weighted by atomic mass is 16.6. The molecule has 2 aliphatic heterocycles. The number of piperidine rings is 2. The van der Waals surface area contributed by atoms with Crippen molar-refractivity contribution in [1.29, 1.82) is 0 Å². The molecule has 0 aromatic heterocycles. The second kappa shape index (κ2) is 23.6. The molecule has 14 heteroatoms. The van der Waals surface area contributed by atoms with E-state index in [0.29, 0.717) is 74.6 Å². The van der Waals surface area contributed by atoms with Crippen molar-refractivity contribution in [2.45, 2.75) is 110 Å². The average molecular weight is 907 g/mol. The molecule has 4 aromatic rings. The minimum atomic E-state index is -0.533. The van der Waals surface area contributed by atoms with Crippen LogP contribution in [0.1, 0.15) is 129 Å². The summed E-state index contributed by atoms with van der Waals surface area (Å²) in [5, 5.41) is 15.2. The molecule has 0 radical (unpaired) electrons. The fraction of sp³-hybridized carbons (Fsp3) is 0.442. The van der Waals surface area contributed by atoms with Crippen molar-refractivity contribution in [1.82, 2.24) is 20.4 Å². The quantitative estimate of drug-likeness (QED) is 0.0920. The van der Waals surface area contributed by atoms with Crippen molar-refractivity contribution >= 4 is 30.0 Å². The molecule has 4 aromatic carbocycles. The first kappa shape index (κ1) is 50.4. The van der Waals surface area contributed by atoms with Gasteiger partial charge < -0.3 is 44.5 Å². The normalized spacial score (nSPS) is 14.5. The third-order valence-corrected chi connectivity index (χ3v) is 10.9. The van der Waals surface area contributed by atoms with Crippen LogP contribution in [0.15, 0.2) is 97.1 Å². The standard InChI is InChI=1S/C28H36N2O6.C24H30N2O4/c1-5-34-25(31)19-35-24-11-7-10-23(17-24)26(32)30-14-12-21(13-15-30)22-9-6-8-20(16-22)18-29-27(33)36-28(2,3)4;1-24(2,3)30-23(29)25-16-17-6-4-7-19(14-17)18-10-12-26(13-11-18)22(28)20-8-5-9-21(27)15-20/h6-11,16-17,21H,5,12-15,18-19H2,1-4H3,(H,29,33);4-9,14-15,18,27H,10-13,16H2,1-3H3,(H,25,29). The Labute approximate surface area is 388 Å². The number of nitrogens with zero attached hydrogens (tertiary/aromatic N) is 2. The van der Waals surface area contributed by atoms with Crippen molar-refractivity contribution in [3.8, 4) is 11.5 Å². The third-order valence-electron chi connectivity index (χ3n) is 10.9. The lowest BCUT2D eigenvalue weighted by atomic mass is 9.88. The molecule has 0 bridgehead atoms. The average Bonchev–Trinajstić information content (AvgIpc) is 3.29. The van der Waals surface area contributed by atoms with Gasteiger partial charge >= 0.3 is 18.2 Å². The zero-order chi connectivity index (χ0) is 47.9. The Hall–Kier alpha value is -6.57. The van der Waals surface area contributed by atoms with Gasteiger partial charge in [-0.3, -0.25) is 9.59 Å². The third kappa shape index (κ3) is 16.5. The van der Waals surface area contributed by atoms with Gasteiger partial charge in [-0.25, -0.2) is 14.4 Å². The van der Waals surface area contributed by atoms with Crippen LogP contribution in [0.2, 0.25) is 0 Å². The Kier molecular flexibility index (Phi) is 18.0. The summed E-state index contributed by atoms with van der Waals surface area (Å²) in [6.45, 7) is 16.3. The van der Waals surface area contributed by atoms with Crippen LogP contribution in [0.25, 0.3) is 0 Å². The lowest BCUT2D eigenvalue weighted by Gasteiger charge is -2.32. The molecule has 354 valence electrons. The van der Waals surface area contributed by atoms with Gasteiger partial charge in [-0.1, -0.05) is 60.7 Å². The molecule has 0 saturated carbocycles. The number of phenols is 1. The first-order chi connectivity index (χ1) is 31.4. The van der Waals surface area contributed by atoms with Crippen LogP contribution in [-0.2, 0) is 32.1 Å². The smallest absolute Gasteiger partial charge is 0.407 e. The van der Waals surface area contributed by atoms with Crippen molar-refractivity contribution in [2.75, 3.05) is 39.4 Å². The molecule has 0 atom stereocenters. The van der Waals surface area contributed by atoms with Gasteiger partial charge in [0.05, 0.1) is 6.61 Å². The molecular weight excluding hydrogens is 841 g/mol. The fourth-order valence-corrected chi connectivity index (χ4v) is 7.79. The Bertz CT molecular complexity index is 2270. The molecule has 66 heavy (non-hydrogen) atoms. The molecule has 0 aliphatic carbocycles. The first-order valence-electron chi connectivity index (χ1n) is 22.7. The van der Waals surface area contributed by atoms with Crippen molar-refractivity contribution in [2.24, 2.45) is 0 Å². The summed E-state index contributed by atoms with van der Waals surface area (Å²) in [7, 11) is 0. The second-order valence-corrected chi connectivity index (χ2v) is 18.5. The molecule has 6 rings (SSSR count). The summed E-state index contributed by atoms with van der Waals surface area (Å²) < 4.78 is 20.9. The SMILES string of the molecule is CC(C)(C)OC(=O)NCc1cccc(C2CCN(C(=O)c3cccc(O)c3)CC2)c1.CCOC(=O)COc1cccc(C(=O)N2CCC(c3cccc(CNC(=O)OC(C)(C)C)c3)CC2)c1. The van der Waals surface area contributed by atoms with Gasteiger partial charge in [0.1, 0.15) is 22.7 Å². The number of aromatic hydroxyl groups is 1. The van der Waals surface area contributed by atoms with E-state index < -0.39 is 29.4 Å². The zero-order valence-electron chi connectivity index (χ0n) is 39.4. The number of esters is 1. The Morgan fingerprint density at radius 2 is 1.05 bits per heavy atom. The lowest BCUT2D eigenvalue weighted by Crippen LogP contribution is -2.38. The number of hydrogen-bond acceptors (Lipinski definition) is 10. The molecule has 2 aliphatic rings. The van der Waals surface area contributed by atoms with Crippen LogP contribution < -0.4 is 15.4 Å². The number of ether oxygens (including phenoxy) is 4. The number of benzene rings is 4. The van der Waals surface area contributed by atoms with E-state index in [2.05, 4.69) is 34.9 Å². The maximum absolute atomic E-state index is 13.1. The largest absolute Gasteiger partial charge is 0.508 e. The second-order valence-electron chi connectivity index (χ2n) is 18.5. The van der Waals surface area contributed by atoms with Crippen LogP contribution in [0, 0.1) is 0 Å². The topological polar surface area (TPSA) is 173 Å². The Balaban J connectivity index is 0.000000251. The van der Waals surface area contributed by atoms with Crippen LogP contribution in [-0.4, -0.2) is 95.5 Å². The van der Waals surface area contributed by atoms with Crippen LogP contribution in [0.3, 0.4) is 0 Å². The number of nitrogens with one attached hydrogen (secondary N) is 2. The molecule has 2 heterocycles. The van der Waals surface area contributed by atoms with Gasteiger partial charge in [-0.05, 0) is 145 Å².